The Morgan fingerprint density at radius 1 is 0.491 bits per heavy atom. The van der Waals surface area contributed by atoms with Crippen molar-refractivity contribution in [3.8, 4) is 0 Å². The molecule has 0 radical (unpaired) electrons. The van der Waals surface area contributed by atoms with Gasteiger partial charge in [0.05, 0.1) is 91.1 Å². The van der Waals surface area contributed by atoms with Crippen LogP contribution >= 0.6 is 110 Å². The van der Waals surface area contributed by atoms with Crippen molar-refractivity contribution in [2.45, 2.75) is 198 Å². The number of hydrogen-bond acceptors (Lipinski definition) is 18. The summed E-state index contributed by atoms with van der Waals surface area (Å²) in [5, 5.41) is 31.9. The minimum Gasteiger partial charge on any atom is -0.461 e. The lowest BCUT2D eigenvalue weighted by molar-refractivity contribution is -0.148. The summed E-state index contributed by atoms with van der Waals surface area (Å²) in [5.74, 6) is -1.08. The first kappa shape index (κ1) is 103. The highest BCUT2D eigenvalue weighted by Gasteiger charge is 2.22. The normalized spacial score (nSPS) is 11.8. The van der Waals surface area contributed by atoms with Crippen LogP contribution in [0.2, 0.25) is 30.1 Å². The largest absolute Gasteiger partial charge is 0.461 e. The average Bonchev–Trinajstić information content (AvgIpc) is 0.845. The van der Waals surface area contributed by atoms with E-state index in [0.717, 1.165) is 28.1 Å². The number of ether oxygens (including phenoxy) is 6. The van der Waals surface area contributed by atoms with E-state index in [1.165, 1.54) is 12.9 Å². The van der Waals surface area contributed by atoms with Crippen LogP contribution in [0.3, 0.4) is 0 Å². The van der Waals surface area contributed by atoms with Crippen LogP contribution in [0.25, 0.3) is 0 Å². The van der Waals surface area contributed by atoms with Gasteiger partial charge in [-0.3, -0.25) is 14.4 Å². The van der Waals surface area contributed by atoms with Crippen LogP contribution in [0.5, 0.6) is 0 Å². The molecule has 606 valence electrons. The summed E-state index contributed by atoms with van der Waals surface area (Å²) >= 11 is 45.2. The molecule has 5 unspecified atom stereocenters. The number of carbonyl (C=O) groups excluding carboxylic acids is 6. The van der Waals surface area contributed by atoms with Crippen LogP contribution in [0.1, 0.15) is 152 Å². The summed E-state index contributed by atoms with van der Waals surface area (Å²) in [6.07, 6.45) is -2.75. The highest BCUT2D eigenvalue weighted by molar-refractivity contribution is 9.09. The van der Waals surface area contributed by atoms with E-state index >= 15 is 0 Å². The summed E-state index contributed by atoms with van der Waals surface area (Å²) in [4.78, 5) is 70.4. The summed E-state index contributed by atoms with van der Waals surface area (Å²) in [5.41, 5.74) is 11.6. The van der Waals surface area contributed by atoms with E-state index in [1.54, 1.807) is 131 Å². The molecular formula is C78H114BrCl7N8O13S. The fraction of sp³-hybridized carbons (Fsp3) is 0.449. The molecule has 0 spiro atoms. The van der Waals surface area contributed by atoms with Crippen molar-refractivity contribution >= 4 is 186 Å². The van der Waals surface area contributed by atoms with Gasteiger partial charge in [0.2, 0.25) is 0 Å². The van der Waals surface area contributed by atoms with Crippen LogP contribution in [-0.2, 0) is 62.1 Å². The molecule has 0 aliphatic rings. The Labute approximate surface area is 694 Å². The Morgan fingerprint density at radius 3 is 1.01 bits per heavy atom. The van der Waals surface area contributed by atoms with Gasteiger partial charge < -0.3 is 76.5 Å². The topological polar surface area (TPSA) is 288 Å². The zero-order valence-electron chi connectivity index (χ0n) is 64.8. The standard InChI is InChI=1S/C22H26Cl2N2O4.C18H18Cl2N2O2S.C17H18Cl2N2O2.C8H16BrNO2.C8H17NO3.C2H6.3CH4.ClH/c1-14(13-25-21(28)30-22(2,3)4)29-19(27)12-15-8-5-6-11-18(15)26-20-16(23)9-7-10-17(20)24;1-12(10-21-11-25)24-17(23)9-13-5-2-3-8-16(13)22-18-14(19)6-4-7-15(18)20;1-11(10-20)23-16(22)9-12-5-2-3-8-15(12)21-17-13(18)6-4-7-14(17)19;1-6(9)5-10-7(11)12-8(2,3)4;1-6(10)5-9-7(11)12-8(2,3)4;1-2;;;;/h5-11,14,26H,12-13H2,1-4H3,(H,25,28);2-8,11-12,22H,9-10H2,1H3,(H,21,25);2-8,11,21H,9-10,20H2,1H3;6H,5H2,1-4H3,(H,10,11);6,10H,5H2,1-4H3,(H,9,11);1-2H3;3*1H4;1H/i;;;;;1D;1T;;;. The van der Waals surface area contributed by atoms with Gasteiger partial charge >= 0.3 is 36.2 Å². The number of alkyl carbamates (subject to hydrolysis) is 3. The number of alkyl halides is 1. The second kappa shape index (κ2) is 56.5. The molecule has 6 aromatic rings. The third-order valence-corrected chi connectivity index (χ3v) is 14.7. The Bertz CT molecular complexity index is 3580. The molecule has 5 atom stereocenters. The molecule has 6 rings (SSSR count). The lowest BCUT2D eigenvalue weighted by Crippen LogP contribution is -2.37. The van der Waals surface area contributed by atoms with Crippen LogP contribution in [0, 0.1) is 0 Å². The maximum atomic E-state index is 12.4. The molecule has 21 nitrogen and oxygen atoms in total. The van der Waals surface area contributed by atoms with Gasteiger partial charge in [0.1, 0.15) is 35.1 Å². The number of anilines is 6. The number of aliphatic hydroxyl groups is 1. The van der Waals surface area contributed by atoms with Gasteiger partial charge in [0.25, 0.3) is 0 Å². The number of amides is 3. The first-order chi connectivity index (χ1) is 50.1. The van der Waals surface area contributed by atoms with E-state index in [0.29, 0.717) is 79.4 Å². The smallest absolute Gasteiger partial charge is 0.407 e. The minimum atomic E-state index is -0.592. The van der Waals surface area contributed by atoms with Gasteiger partial charge in [-0.25, -0.2) is 14.4 Å². The fourth-order valence-corrected chi connectivity index (χ4v) is 9.61. The number of carbonyl (C=O) groups is 6. The van der Waals surface area contributed by atoms with Crippen molar-refractivity contribution in [2.24, 2.45) is 5.73 Å². The zero-order chi connectivity index (χ0) is 81.6. The molecule has 0 saturated carbocycles. The number of nitrogens with one attached hydrogen (secondary N) is 7. The molecular weight excluding hydrogens is 1620 g/mol. The Kier molecular flexibility index (Phi) is 54.0. The second-order valence-electron chi connectivity index (χ2n) is 25.6. The highest BCUT2D eigenvalue weighted by atomic mass is 79.9. The third-order valence-electron chi connectivity index (χ3n) is 12.3. The number of esters is 3. The molecule has 0 saturated heterocycles. The van der Waals surface area contributed by atoms with Crippen molar-refractivity contribution < 1.29 is 65.0 Å². The van der Waals surface area contributed by atoms with Crippen molar-refractivity contribution in [3.05, 3.63) is 174 Å². The van der Waals surface area contributed by atoms with Crippen molar-refractivity contribution in [1.82, 2.24) is 21.3 Å². The van der Waals surface area contributed by atoms with E-state index in [9.17, 15) is 28.8 Å². The molecule has 10 N–H and O–H groups in total. The molecule has 0 bridgehead atoms. The van der Waals surface area contributed by atoms with E-state index in [1.807, 2.05) is 100 Å². The van der Waals surface area contributed by atoms with Crippen molar-refractivity contribution in [3.63, 3.8) is 0 Å². The first-order valence-corrected chi connectivity index (χ1v) is 36.6. The Balaban J connectivity index is -0.000000647. The predicted octanol–water partition coefficient (Wildman–Crippen LogP) is 21.2. The Hall–Kier alpha value is -6.74. The maximum Gasteiger partial charge on any atom is 0.407 e. The minimum absolute atomic E-state index is 0. The van der Waals surface area contributed by atoms with E-state index in [-0.39, 0.29) is 94.7 Å². The number of hydrogen-bond donors (Lipinski definition) is 9. The monoisotopic (exact) mass is 1730 g/mol. The molecule has 30 heteroatoms. The van der Waals surface area contributed by atoms with Crippen LogP contribution in [0.4, 0.5) is 48.5 Å². The number of halogens is 8. The molecule has 0 aliphatic heterocycles. The SMILES string of the molecule is C.C.CC(Br)CNC(=O)OC(C)(C)C.CC(CN)OC(=O)Cc1ccccc1Nc1c(Cl)cccc1Cl.CC(CNC(=O)OC(C)(C)C)OC(=O)Cc1ccccc1Nc1c(Cl)cccc1Cl.CC(CNC=S)OC(=O)Cc1ccccc1Nc1c(Cl)cccc1Cl.CC(O)CNC(=O)OC(C)(C)C.Cl.[2H]CC.[3H]C. The van der Waals surface area contributed by atoms with Gasteiger partial charge in [-0.05, 0) is 161 Å². The van der Waals surface area contributed by atoms with E-state index < -0.39 is 47.2 Å². The summed E-state index contributed by atoms with van der Waals surface area (Å²) in [7, 11) is 1.25. The second-order valence-corrected chi connectivity index (χ2v) is 29.9. The number of thiocarbonyl (C=S) groups is 1. The first-order valence-electron chi connectivity index (χ1n) is 34.7. The summed E-state index contributed by atoms with van der Waals surface area (Å²) < 4.78 is 43.0. The molecule has 0 aromatic heterocycles. The molecule has 108 heavy (non-hydrogen) atoms. The van der Waals surface area contributed by atoms with Crippen molar-refractivity contribution in [1.29, 1.82) is 0 Å². The highest BCUT2D eigenvalue weighted by Crippen LogP contribution is 2.37. The third kappa shape index (κ3) is 48.7. The van der Waals surface area contributed by atoms with Crippen molar-refractivity contribution in [2.75, 3.05) is 48.7 Å². The summed E-state index contributed by atoms with van der Waals surface area (Å²) in [6.45, 7) is 29.0. The quantitative estimate of drug-likeness (QED) is 0.0111. The molecule has 0 fully saturated rings. The zero-order valence-corrected chi connectivity index (χ0v) is 70.6. The lowest BCUT2D eigenvalue weighted by atomic mass is 10.1. The predicted molar refractivity (Wildman–Crippen MR) is 459 cm³/mol. The van der Waals surface area contributed by atoms with Crippen LogP contribution in [-0.4, -0.2) is 126 Å². The fourth-order valence-electron chi connectivity index (χ4n) is 7.88. The average molecular weight is 1730 g/mol. The molecule has 3 amide bonds. The van der Waals surface area contributed by atoms with Crippen LogP contribution < -0.4 is 43.0 Å². The maximum absolute atomic E-state index is 12.4. The van der Waals surface area contributed by atoms with Crippen LogP contribution in [0.15, 0.2) is 127 Å². The molecule has 0 heterocycles. The number of benzene rings is 6. The number of nitrogens with two attached hydrogens (primary N) is 1. The number of para-hydroxylation sites is 6. The number of rotatable bonds is 25. The Morgan fingerprint density at radius 2 is 0.750 bits per heavy atom. The van der Waals surface area contributed by atoms with E-state index in [2.05, 4.69) is 65.4 Å². The molecule has 0 aliphatic carbocycles. The lowest BCUT2D eigenvalue weighted by Gasteiger charge is -2.21. The van der Waals surface area contributed by atoms with Gasteiger partial charge in [-0.2, -0.15) is 0 Å². The van der Waals surface area contributed by atoms with Gasteiger partial charge in [-0.15, -0.1) is 12.4 Å². The molecule has 6 aromatic carbocycles. The van der Waals surface area contributed by atoms with Gasteiger partial charge in [-0.1, -0.05) is 214 Å². The number of aliphatic hydroxyl groups excluding tert-OH is 1. The van der Waals surface area contributed by atoms with Gasteiger partial charge in [0.15, 0.2) is 0 Å². The van der Waals surface area contributed by atoms with Gasteiger partial charge in [0, 0.05) is 44.3 Å². The van der Waals surface area contributed by atoms with E-state index in [4.69, 9.17) is 112 Å². The summed E-state index contributed by atoms with van der Waals surface area (Å²) in [6, 6.07) is 37.9.